The van der Waals surface area contributed by atoms with E-state index in [1.807, 2.05) is 6.92 Å². The Morgan fingerprint density at radius 1 is 1.22 bits per heavy atom. The maximum atomic E-state index is 12.5. The average molecular weight is 332 g/mol. The SMILES string of the molecule is CCc1noc2cc(OC)c(NS(=O)(=O)c3ccccc3)cc12. The zero-order valence-corrected chi connectivity index (χ0v) is 13.6. The number of sulfonamides is 1. The fourth-order valence-electron chi connectivity index (χ4n) is 2.32. The molecule has 3 aromatic rings. The highest BCUT2D eigenvalue weighted by Crippen LogP contribution is 2.33. The number of nitrogens with one attached hydrogen (secondary N) is 1. The summed E-state index contributed by atoms with van der Waals surface area (Å²) in [5.41, 5.74) is 1.67. The van der Waals surface area contributed by atoms with Gasteiger partial charge in [0.15, 0.2) is 5.58 Å². The molecular weight excluding hydrogens is 316 g/mol. The number of ether oxygens (including phenoxy) is 1. The molecule has 0 radical (unpaired) electrons. The third kappa shape index (κ3) is 2.87. The molecule has 0 fully saturated rings. The highest BCUT2D eigenvalue weighted by Gasteiger charge is 2.18. The summed E-state index contributed by atoms with van der Waals surface area (Å²) >= 11 is 0. The van der Waals surface area contributed by atoms with Gasteiger partial charge in [-0.3, -0.25) is 4.72 Å². The molecule has 6 nitrogen and oxygen atoms in total. The van der Waals surface area contributed by atoms with Crippen molar-refractivity contribution in [2.45, 2.75) is 18.2 Å². The molecule has 1 aromatic heterocycles. The Kier molecular flexibility index (Phi) is 3.96. The lowest BCUT2D eigenvalue weighted by molar-refractivity contribution is 0.413. The van der Waals surface area contributed by atoms with Gasteiger partial charge in [0.25, 0.3) is 10.0 Å². The highest BCUT2D eigenvalue weighted by atomic mass is 32.2. The Bertz CT molecular complexity index is 933. The second-order valence-corrected chi connectivity index (χ2v) is 6.63. The van der Waals surface area contributed by atoms with E-state index in [0.717, 1.165) is 11.1 Å². The molecule has 1 heterocycles. The second kappa shape index (κ2) is 5.92. The topological polar surface area (TPSA) is 81.4 Å². The Morgan fingerprint density at radius 2 is 1.96 bits per heavy atom. The fraction of sp³-hybridized carbons (Fsp3) is 0.188. The third-order valence-corrected chi connectivity index (χ3v) is 4.88. The molecule has 0 unspecified atom stereocenters. The molecule has 1 N–H and O–H groups in total. The van der Waals surface area contributed by atoms with Crippen LogP contribution in [0.1, 0.15) is 12.6 Å². The Labute approximate surface area is 134 Å². The first-order chi connectivity index (χ1) is 11.0. The molecule has 0 amide bonds. The van der Waals surface area contributed by atoms with Gasteiger partial charge >= 0.3 is 0 Å². The number of aryl methyl sites for hydroxylation is 1. The van der Waals surface area contributed by atoms with Gasteiger partial charge in [0.05, 0.1) is 23.4 Å². The van der Waals surface area contributed by atoms with Crippen LogP contribution in [0.15, 0.2) is 51.9 Å². The molecule has 0 bridgehead atoms. The second-order valence-electron chi connectivity index (χ2n) is 4.95. The number of anilines is 1. The fourth-order valence-corrected chi connectivity index (χ4v) is 3.40. The largest absolute Gasteiger partial charge is 0.494 e. The van der Waals surface area contributed by atoms with E-state index in [4.69, 9.17) is 9.26 Å². The highest BCUT2D eigenvalue weighted by molar-refractivity contribution is 7.92. The third-order valence-electron chi connectivity index (χ3n) is 3.50. The zero-order chi connectivity index (χ0) is 16.4. The van der Waals surface area contributed by atoms with Gasteiger partial charge in [-0.15, -0.1) is 0 Å². The van der Waals surface area contributed by atoms with Crippen LogP contribution in [-0.2, 0) is 16.4 Å². The van der Waals surface area contributed by atoms with Crippen LogP contribution < -0.4 is 9.46 Å². The summed E-state index contributed by atoms with van der Waals surface area (Å²) in [7, 11) is -2.23. The van der Waals surface area contributed by atoms with Crippen molar-refractivity contribution < 1.29 is 17.7 Å². The number of benzene rings is 2. The quantitative estimate of drug-likeness (QED) is 0.776. The average Bonchev–Trinajstić information content (AvgIpc) is 2.96. The smallest absolute Gasteiger partial charge is 0.262 e. The van der Waals surface area contributed by atoms with E-state index in [1.165, 1.54) is 19.2 Å². The summed E-state index contributed by atoms with van der Waals surface area (Å²) < 4.78 is 38.1. The van der Waals surface area contributed by atoms with E-state index in [1.54, 1.807) is 30.3 Å². The molecule has 0 atom stereocenters. The first kappa shape index (κ1) is 15.4. The Hall–Kier alpha value is -2.54. The van der Waals surface area contributed by atoms with Gasteiger partial charge in [-0.1, -0.05) is 30.3 Å². The number of rotatable bonds is 5. The van der Waals surface area contributed by atoms with Crippen LogP contribution in [-0.4, -0.2) is 20.7 Å². The molecule has 23 heavy (non-hydrogen) atoms. The van der Waals surface area contributed by atoms with Crippen LogP contribution in [0.3, 0.4) is 0 Å². The van der Waals surface area contributed by atoms with Crippen LogP contribution in [0.2, 0.25) is 0 Å². The maximum Gasteiger partial charge on any atom is 0.262 e. The predicted octanol–water partition coefficient (Wildman–Crippen LogP) is 3.20. The summed E-state index contributed by atoms with van der Waals surface area (Å²) in [5.74, 6) is 0.371. The van der Waals surface area contributed by atoms with Crippen LogP contribution in [0.25, 0.3) is 11.0 Å². The van der Waals surface area contributed by atoms with Gasteiger partial charge in [0, 0.05) is 11.5 Å². The molecule has 0 aliphatic heterocycles. The summed E-state index contributed by atoms with van der Waals surface area (Å²) in [5, 5.41) is 4.74. The summed E-state index contributed by atoms with van der Waals surface area (Å²) in [6.07, 6.45) is 0.685. The summed E-state index contributed by atoms with van der Waals surface area (Å²) in [6, 6.07) is 11.5. The van der Waals surface area contributed by atoms with Gasteiger partial charge in [-0.05, 0) is 24.6 Å². The van der Waals surface area contributed by atoms with E-state index in [2.05, 4.69) is 9.88 Å². The molecule has 0 aliphatic carbocycles. The van der Waals surface area contributed by atoms with Crippen molar-refractivity contribution >= 4 is 26.7 Å². The van der Waals surface area contributed by atoms with Gasteiger partial charge in [0.1, 0.15) is 5.75 Å². The minimum Gasteiger partial charge on any atom is -0.494 e. The first-order valence-corrected chi connectivity index (χ1v) is 8.57. The Morgan fingerprint density at radius 3 is 2.61 bits per heavy atom. The van der Waals surface area contributed by atoms with Crippen LogP contribution in [0.4, 0.5) is 5.69 Å². The lowest BCUT2D eigenvalue weighted by Gasteiger charge is -2.12. The van der Waals surface area contributed by atoms with Crippen LogP contribution in [0.5, 0.6) is 5.75 Å². The minimum atomic E-state index is -3.70. The molecular formula is C16H16N2O4S. The van der Waals surface area contributed by atoms with Crippen molar-refractivity contribution in [1.29, 1.82) is 0 Å². The molecule has 3 rings (SSSR count). The molecule has 0 saturated heterocycles. The van der Waals surface area contributed by atoms with Crippen molar-refractivity contribution in [3.63, 3.8) is 0 Å². The lowest BCUT2D eigenvalue weighted by Crippen LogP contribution is -2.13. The van der Waals surface area contributed by atoms with Gasteiger partial charge in [-0.2, -0.15) is 0 Å². The van der Waals surface area contributed by atoms with Crippen molar-refractivity contribution in [1.82, 2.24) is 5.16 Å². The number of hydrogen-bond acceptors (Lipinski definition) is 5. The first-order valence-electron chi connectivity index (χ1n) is 7.09. The molecule has 0 saturated carbocycles. The van der Waals surface area contributed by atoms with E-state index in [9.17, 15) is 8.42 Å². The minimum absolute atomic E-state index is 0.184. The number of methoxy groups -OCH3 is 1. The normalized spacial score (nSPS) is 11.6. The lowest BCUT2D eigenvalue weighted by atomic mass is 10.1. The summed E-state index contributed by atoms with van der Waals surface area (Å²) in [4.78, 5) is 0.184. The number of hydrogen-bond donors (Lipinski definition) is 1. The van der Waals surface area contributed by atoms with Crippen molar-refractivity contribution in [2.75, 3.05) is 11.8 Å². The zero-order valence-electron chi connectivity index (χ0n) is 12.7. The molecule has 2 aromatic carbocycles. The van der Waals surface area contributed by atoms with E-state index in [0.29, 0.717) is 23.4 Å². The number of nitrogens with zero attached hydrogens (tertiary/aromatic N) is 1. The van der Waals surface area contributed by atoms with Gasteiger partial charge < -0.3 is 9.26 Å². The van der Waals surface area contributed by atoms with E-state index < -0.39 is 10.0 Å². The molecule has 7 heteroatoms. The van der Waals surface area contributed by atoms with E-state index >= 15 is 0 Å². The van der Waals surface area contributed by atoms with Gasteiger partial charge in [0.2, 0.25) is 0 Å². The molecule has 120 valence electrons. The predicted molar refractivity (Wildman–Crippen MR) is 87.2 cm³/mol. The van der Waals surface area contributed by atoms with Crippen molar-refractivity contribution in [3.8, 4) is 5.75 Å². The molecule has 0 spiro atoms. The number of aromatic nitrogens is 1. The number of fused-ring (bicyclic) bond motifs is 1. The van der Waals surface area contributed by atoms with Gasteiger partial charge in [-0.25, -0.2) is 8.42 Å². The summed E-state index contributed by atoms with van der Waals surface area (Å²) in [6.45, 7) is 1.95. The van der Waals surface area contributed by atoms with Crippen molar-refractivity contribution in [2.24, 2.45) is 0 Å². The van der Waals surface area contributed by atoms with Crippen molar-refractivity contribution in [3.05, 3.63) is 48.2 Å². The standard InChI is InChI=1S/C16H16N2O4S/c1-3-13-12-9-14(16(21-2)10-15(12)22-17-13)18-23(19,20)11-7-5-4-6-8-11/h4-10,18H,3H2,1-2H3. The monoisotopic (exact) mass is 332 g/mol. The van der Waals surface area contributed by atoms with Crippen LogP contribution >= 0.6 is 0 Å². The Balaban J connectivity index is 2.08. The van der Waals surface area contributed by atoms with E-state index in [-0.39, 0.29) is 4.90 Å². The maximum absolute atomic E-state index is 12.5. The van der Waals surface area contributed by atoms with Crippen LogP contribution in [0, 0.1) is 0 Å². The molecule has 0 aliphatic rings.